The van der Waals surface area contributed by atoms with Crippen LogP contribution in [-0.4, -0.2) is 50.8 Å². The van der Waals surface area contributed by atoms with E-state index >= 15 is 0 Å². The second-order valence-electron chi connectivity index (χ2n) is 6.73. The van der Waals surface area contributed by atoms with Gasteiger partial charge in [0, 0.05) is 37.4 Å². The second-order valence-corrected chi connectivity index (χ2v) is 7.14. The predicted octanol–water partition coefficient (Wildman–Crippen LogP) is 3.70. The van der Waals surface area contributed by atoms with Gasteiger partial charge in [-0.1, -0.05) is 23.7 Å². The number of para-hydroxylation sites is 1. The molecule has 1 saturated heterocycles. The lowest BCUT2D eigenvalue weighted by molar-refractivity contribution is 0.352. The van der Waals surface area contributed by atoms with Gasteiger partial charge in [0.05, 0.1) is 25.8 Å². The molecule has 0 aliphatic carbocycles. The Morgan fingerprint density at radius 2 is 2.10 bits per heavy atom. The molecule has 2 aromatic rings. The molecular weight excluding hydrogens is 517 g/mol. The fraction of sp³-hybridized carbons (Fsp3) is 0.429. The molecule has 1 atom stereocenters. The summed E-state index contributed by atoms with van der Waals surface area (Å²) in [4.78, 5) is 11.4. The summed E-state index contributed by atoms with van der Waals surface area (Å²) in [6, 6.07) is 9.80. The van der Waals surface area contributed by atoms with E-state index in [0.717, 1.165) is 43.4 Å². The van der Waals surface area contributed by atoms with Crippen LogP contribution < -0.4 is 25.0 Å². The van der Waals surface area contributed by atoms with Gasteiger partial charge in [0.1, 0.15) is 5.82 Å². The van der Waals surface area contributed by atoms with E-state index in [1.54, 1.807) is 20.4 Å². The zero-order valence-corrected chi connectivity index (χ0v) is 20.6. The van der Waals surface area contributed by atoms with Gasteiger partial charge in [-0.25, -0.2) is 9.98 Å². The van der Waals surface area contributed by atoms with Gasteiger partial charge in [-0.15, -0.1) is 24.0 Å². The van der Waals surface area contributed by atoms with Crippen LogP contribution in [0.2, 0.25) is 5.02 Å². The summed E-state index contributed by atoms with van der Waals surface area (Å²) >= 11 is 6.30. The molecule has 1 unspecified atom stereocenters. The lowest BCUT2D eigenvalue weighted by Gasteiger charge is -2.20. The van der Waals surface area contributed by atoms with E-state index in [2.05, 4.69) is 27.4 Å². The van der Waals surface area contributed by atoms with E-state index in [9.17, 15) is 0 Å². The van der Waals surface area contributed by atoms with Gasteiger partial charge < -0.3 is 25.0 Å². The minimum atomic E-state index is 0. The Morgan fingerprint density at radius 1 is 1.27 bits per heavy atom. The van der Waals surface area contributed by atoms with E-state index in [1.165, 1.54) is 0 Å². The Labute approximate surface area is 200 Å². The van der Waals surface area contributed by atoms with Crippen molar-refractivity contribution in [3.05, 3.63) is 47.1 Å². The number of guanidine groups is 1. The Bertz CT molecular complexity index is 852. The molecule has 7 nitrogen and oxygen atoms in total. The third-order valence-electron chi connectivity index (χ3n) is 4.80. The minimum Gasteiger partial charge on any atom is -0.493 e. The smallest absolute Gasteiger partial charge is 0.191 e. The number of pyridine rings is 1. The topological polar surface area (TPSA) is 71.0 Å². The van der Waals surface area contributed by atoms with Crippen LogP contribution in [0.3, 0.4) is 0 Å². The molecule has 1 aromatic carbocycles. The molecule has 0 radical (unpaired) electrons. The molecule has 3 rings (SSSR count). The van der Waals surface area contributed by atoms with E-state index in [0.29, 0.717) is 23.1 Å². The molecule has 2 N–H and O–H groups in total. The molecule has 1 aliphatic heterocycles. The predicted molar refractivity (Wildman–Crippen MR) is 133 cm³/mol. The van der Waals surface area contributed by atoms with Crippen LogP contribution in [0.5, 0.6) is 11.5 Å². The van der Waals surface area contributed by atoms with E-state index in [1.807, 2.05) is 30.3 Å². The van der Waals surface area contributed by atoms with E-state index in [4.69, 9.17) is 26.1 Å². The summed E-state index contributed by atoms with van der Waals surface area (Å²) in [5.41, 5.74) is 0.970. The largest absolute Gasteiger partial charge is 0.493 e. The molecule has 9 heteroatoms. The number of aromatic nitrogens is 1. The van der Waals surface area contributed by atoms with Crippen molar-refractivity contribution in [1.82, 2.24) is 15.6 Å². The summed E-state index contributed by atoms with van der Waals surface area (Å²) in [5, 5.41) is 7.52. The lowest BCUT2D eigenvalue weighted by Crippen LogP contribution is -2.44. The fourth-order valence-corrected chi connectivity index (χ4v) is 3.68. The Morgan fingerprint density at radius 3 is 2.80 bits per heavy atom. The van der Waals surface area contributed by atoms with Gasteiger partial charge in [-0.2, -0.15) is 0 Å². The van der Waals surface area contributed by atoms with Crippen molar-refractivity contribution in [3.8, 4) is 11.5 Å². The summed E-state index contributed by atoms with van der Waals surface area (Å²) in [6.45, 7) is 5.04. The number of halogens is 2. The van der Waals surface area contributed by atoms with Crippen molar-refractivity contribution in [3.63, 3.8) is 0 Å². The zero-order valence-electron chi connectivity index (χ0n) is 17.5. The number of anilines is 1. The number of aliphatic imine (C=N–C) groups is 1. The maximum Gasteiger partial charge on any atom is 0.191 e. The highest BCUT2D eigenvalue weighted by Crippen LogP contribution is 2.31. The first-order valence-corrected chi connectivity index (χ1v) is 10.1. The fourth-order valence-electron chi connectivity index (χ4n) is 3.44. The molecule has 0 amide bonds. The Hall–Kier alpha value is -1.94. The van der Waals surface area contributed by atoms with Crippen molar-refractivity contribution in [2.24, 2.45) is 4.99 Å². The van der Waals surface area contributed by atoms with E-state index < -0.39 is 0 Å². The minimum absolute atomic E-state index is 0. The summed E-state index contributed by atoms with van der Waals surface area (Å²) in [5.74, 6) is 3.03. The van der Waals surface area contributed by atoms with Gasteiger partial charge in [0.2, 0.25) is 0 Å². The lowest BCUT2D eigenvalue weighted by atomic mass is 10.2. The van der Waals surface area contributed by atoms with Crippen molar-refractivity contribution >= 4 is 47.4 Å². The number of hydrogen-bond donors (Lipinski definition) is 2. The van der Waals surface area contributed by atoms with Crippen LogP contribution in [0, 0.1) is 0 Å². The van der Waals surface area contributed by atoms with Crippen LogP contribution in [0.4, 0.5) is 5.82 Å². The molecule has 2 heterocycles. The van der Waals surface area contributed by atoms with Crippen molar-refractivity contribution < 1.29 is 9.47 Å². The highest BCUT2D eigenvalue weighted by molar-refractivity contribution is 14.0. The van der Waals surface area contributed by atoms with Crippen LogP contribution in [-0.2, 0) is 6.54 Å². The molecule has 30 heavy (non-hydrogen) atoms. The number of benzene rings is 1. The third kappa shape index (κ3) is 6.04. The highest BCUT2D eigenvalue weighted by Gasteiger charge is 2.25. The Balaban J connectivity index is 0.00000320. The molecule has 1 aliphatic rings. The summed E-state index contributed by atoms with van der Waals surface area (Å²) in [7, 11) is 3.28. The quantitative estimate of drug-likeness (QED) is 0.314. The number of rotatable bonds is 7. The summed E-state index contributed by atoms with van der Waals surface area (Å²) < 4.78 is 10.9. The SMILES string of the molecule is CCNC(=NCc1cccc(OC)c1OC)NC1CCN(c2ncccc2Cl)C1.I. The molecule has 1 aromatic heterocycles. The van der Waals surface area contributed by atoms with Crippen LogP contribution in [0.25, 0.3) is 0 Å². The number of ether oxygens (including phenoxy) is 2. The number of methoxy groups -OCH3 is 2. The number of nitrogens with zero attached hydrogens (tertiary/aromatic N) is 3. The average molecular weight is 546 g/mol. The molecule has 1 fully saturated rings. The number of hydrogen-bond acceptors (Lipinski definition) is 5. The average Bonchev–Trinajstić information content (AvgIpc) is 3.20. The summed E-state index contributed by atoms with van der Waals surface area (Å²) in [6.07, 6.45) is 2.76. The second kappa shape index (κ2) is 12.0. The third-order valence-corrected chi connectivity index (χ3v) is 5.10. The standard InChI is InChI=1S/C21H28ClN5O2.HI/c1-4-23-21(25-13-15-7-5-9-18(28-2)19(15)29-3)26-16-10-12-27(14-16)20-17(22)8-6-11-24-20;/h5-9,11,16H,4,10,12-14H2,1-3H3,(H2,23,25,26);1H. The van der Waals surface area contributed by atoms with Crippen LogP contribution in [0.1, 0.15) is 18.9 Å². The monoisotopic (exact) mass is 545 g/mol. The first-order valence-electron chi connectivity index (χ1n) is 9.76. The molecule has 0 spiro atoms. The van der Waals surface area contributed by atoms with Crippen molar-refractivity contribution in [2.75, 3.05) is 38.8 Å². The number of nitrogens with one attached hydrogen (secondary N) is 2. The molecule has 164 valence electrons. The van der Waals surface area contributed by atoms with Crippen LogP contribution in [0.15, 0.2) is 41.5 Å². The van der Waals surface area contributed by atoms with Crippen LogP contribution >= 0.6 is 35.6 Å². The normalized spacial score (nSPS) is 16.1. The van der Waals surface area contributed by atoms with Crippen molar-refractivity contribution in [1.29, 1.82) is 0 Å². The van der Waals surface area contributed by atoms with Gasteiger partial charge in [-0.05, 0) is 31.5 Å². The molecule has 0 bridgehead atoms. The van der Waals surface area contributed by atoms with Gasteiger partial charge in [0.15, 0.2) is 17.5 Å². The zero-order chi connectivity index (χ0) is 20.6. The van der Waals surface area contributed by atoms with Gasteiger partial charge in [-0.3, -0.25) is 0 Å². The molecule has 0 saturated carbocycles. The first-order chi connectivity index (χ1) is 14.2. The Kier molecular flexibility index (Phi) is 9.77. The maximum absolute atomic E-state index is 6.30. The van der Waals surface area contributed by atoms with Crippen molar-refractivity contribution in [2.45, 2.75) is 25.9 Å². The highest BCUT2D eigenvalue weighted by atomic mass is 127. The maximum atomic E-state index is 6.30. The van der Waals surface area contributed by atoms with Gasteiger partial charge in [0.25, 0.3) is 0 Å². The first kappa shape index (κ1) is 24.3. The van der Waals surface area contributed by atoms with Gasteiger partial charge >= 0.3 is 0 Å². The molecular formula is C21H29ClIN5O2. The van der Waals surface area contributed by atoms with E-state index in [-0.39, 0.29) is 30.0 Å².